The van der Waals surface area contributed by atoms with Crippen LogP contribution in [0.15, 0.2) is 24.3 Å². The Morgan fingerprint density at radius 3 is 2.84 bits per heavy atom. The number of carbonyl (C=O) groups excluding carboxylic acids is 1. The Hall–Kier alpha value is -1.72. The van der Waals surface area contributed by atoms with Crippen LogP contribution in [0.4, 0.5) is 18.0 Å². The number of ether oxygens (including phenoxy) is 1. The fourth-order valence-electron chi connectivity index (χ4n) is 2.77. The fraction of sp³-hybridized carbons (Fsp3) is 0.462. The predicted molar refractivity (Wildman–Crippen MR) is 60.4 cm³/mol. The van der Waals surface area contributed by atoms with E-state index in [9.17, 15) is 18.0 Å². The Labute approximate surface area is 108 Å². The fourth-order valence-corrected chi connectivity index (χ4v) is 2.77. The van der Waals surface area contributed by atoms with E-state index in [1.807, 2.05) is 0 Å². The summed E-state index contributed by atoms with van der Waals surface area (Å²) in [5.74, 6) is 0. The molecule has 0 bridgehead atoms. The molecular formula is C13H12F3NO2. The largest absolute Gasteiger partial charge is 0.439 e. The van der Waals surface area contributed by atoms with Crippen LogP contribution in [0.1, 0.15) is 30.1 Å². The quantitative estimate of drug-likeness (QED) is 0.783. The maximum atomic E-state index is 12.7. The monoisotopic (exact) mass is 271 g/mol. The van der Waals surface area contributed by atoms with Crippen LogP contribution < -0.4 is 0 Å². The molecule has 1 aromatic carbocycles. The molecule has 2 saturated heterocycles. The molecule has 0 radical (unpaired) electrons. The van der Waals surface area contributed by atoms with Crippen LogP contribution in [0.25, 0.3) is 0 Å². The molecule has 3 nitrogen and oxygen atoms in total. The van der Waals surface area contributed by atoms with Gasteiger partial charge in [0.15, 0.2) is 0 Å². The highest BCUT2D eigenvalue weighted by Crippen LogP contribution is 2.40. The van der Waals surface area contributed by atoms with Crippen LogP contribution in [-0.4, -0.2) is 23.6 Å². The molecule has 0 aromatic heterocycles. The van der Waals surface area contributed by atoms with E-state index in [4.69, 9.17) is 4.74 Å². The summed E-state index contributed by atoms with van der Waals surface area (Å²) in [4.78, 5) is 13.2. The van der Waals surface area contributed by atoms with Crippen LogP contribution in [0.3, 0.4) is 0 Å². The maximum Gasteiger partial charge on any atom is 0.416 e. The third-order valence-corrected chi connectivity index (χ3v) is 3.65. The van der Waals surface area contributed by atoms with E-state index in [1.54, 1.807) is 11.0 Å². The second-order valence-electron chi connectivity index (χ2n) is 4.83. The minimum atomic E-state index is -4.38. The lowest BCUT2D eigenvalue weighted by molar-refractivity contribution is -0.137. The molecule has 2 fully saturated rings. The average Bonchev–Trinajstić information content (AvgIpc) is 2.93. The molecule has 1 aromatic rings. The van der Waals surface area contributed by atoms with Gasteiger partial charge < -0.3 is 9.64 Å². The SMILES string of the molecule is O=C1OC(c2cccc(C(F)(F)F)c2)C2CCCN12. The minimum Gasteiger partial charge on any atom is -0.439 e. The minimum absolute atomic E-state index is 0.129. The van der Waals surface area contributed by atoms with Crippen molar-refractivity contribution in [3.05, 3.63) is 35.4 Å². The van der Waals surface area contributed by atoms with E-state index >= 15 is 0 Å². The Morgan fingerprint density at radius 2 is 2.11 bits per heavy atom. The van der Waals surface area contributed by atoms with Crippen molar-refractivity contribution in [2.24, 2.45) is 0 Å². The average molecular weight is 271 g/mol. The number of fused-ring (bicyclic) bond motifs is 1. The number of carbonyl (C=O) groups is 1. The van der Waals surface area contributed by atoms with Crippen molar-refractivity contribution < 1.29 is 22.7 Å². The highest BCUT2D eigenvalue weighted by atomic mass is 19.4. The maximum absolute atomic E-state index is 12.7. The Bertz CT molecular complexity index is 515. The van der Waals surface area contributed by atoms with E-state index in [0.717, 1.165) is 25.0 Å². The lowest BCUT2D eigenvalue weighted by Gasteiger charge is -2.17. The van der Waals surface area contributed by atoms with Crippen molar-refractivity contribution in [2.75, 3.05) is 6.54 Å². The van der Waals surface area contributed by atoms with Crippen LogP contribution >= 0.6 is 0 Å². The zero-order valence-electron chi connectivity index (χ0n) is 9.98. The zero-order valence-corrected chi connectivity index (χ0v) is 9.98. The summed E-state index contributed by atoms with van der Waals surface area (Å²) in [6.07, 6.45) is -3.75. The summed E-state index contributed by atoms with van der Waals surface area (Å²) in [7, 11) is 0. The van der Waals surface area contributed by atoms with Crippen LogP contribution in [0.5, 0.6) is 0 Å². The number of hydrogen-bond donors (Lipinski definition) is 0. The van der Waals surface area contributed by atoms with Gasteiger partial charge in [0.2, 0.25) is 0 Å². The molecule has 102 valence electrons. The Kier molecular flexibility index (Phi) is 2.69. The molecule has 2 atom stereocenters. The molecule has 0 N–H and O–H groups in total. The molecule has 0 spiro atoms. The van der Waals surface area contributed by atoms with Gasteiger partial charge in [0.05, 0.1) is 11.6 Å². The molecule has 1 amide bonds. The number of cyclic esters (lactones) is 1. The second kappa shape index (κ2) is 4.15. The Balaban J connectivity index is 1.93. The smallest absolute Gasteiger partial charge is 0.416 e. The summed E-state index contributed by atoms with van der Waals surface area (Å²) in [6, 6.07) is 4.89. The molecule has 3 rings (SSSR count). The summed E-state index contributed by atoms with van der Waals surface area (Å²) in [5, 5.41) is 0. The van der Waals surface area contributed by atoms with Crippen LogP contribution in [0.2, 0.25) is 0 Å². The van der Waals surface area contributed by atoms with E-state index in [1.165, 1.54) is 6.07 Å². The van der Waals surface area contributed by atoms with Gasteiger partial charge in [-0.1, -0.05) is 12.1 Å². The molecule has 0 aliphatic carbocycles. The highest BCUT2D eigenvalue weighted by Gasteiger charge is 2.45. The third-order valence-electron chi connectivity index (χ3n) is 3.65. The first-order valence-electron chi connectivity index (χ1n) is 6.11. The molecule has 0 saturated carbocycles. The van der Waals surface area contributed by atoms with Gasteiger partial charge in [-0.3, -0.25) is 0 Å². The number of halogens is 3. The molecule has 19 heavy (non-hydrogen) atoms. The molecule has 6 heteroatoms. The molecule has 2 unspecified atom stereocenters. The molecule has 2 aliphatic rings. The van der Waals surface area contributed by atoms with Gasteiger partial charge in [0.1, 0.15) is 6.10 Å². The predicted octanol–water partition coefficient (Wildman–Crippen LogP) is 3.36. The first-order valence-corrected chi connectivity index (χ1v) is 6.11. The van der Waals surface area contributed by atoms with Gasteiger partial charge in [-0.15, -0.1) is 0 Å². The normalized spacial score (nSPS) is 26.5. The molecule has 2 heterocycles. The van der Waals surface area contributed by atoms with Crippen molar-refractivity contribution >= 4 is 6.09 Å². The van der Waals surface area contributed by atoms with Crippen molar-refractivity contribution in [1.29, 1.82) is 0 Å². The third kappa shape index (κ3) is 2.05. The topological polar surface area (TPSA) is 29.5 Å². The number of benzene rings is 1. The first kappa shape index (κ1) is 12.3. The second-order valence-corrected chi connectivity index (χ2v) is 4.83. The van der Waals surface area contributed by atoms with Gasteiger partial charge in [-0.05, 0) is 30.5 Å². The Morgan fingerprint density at radius 1 is 1.32 bits per heavy atom. The van der Waals surface area contributed by atoms with Crippen molar-refractivity contribution in [3.8, 4) is 0 Å². The van der Waals surface area contributed by atoms with Gasteiger partial charge >= 0.3 is 12.3 Å². The number of nitrogens with zero attached hydrogens (tertiary/aromatic N) is 1. The lowest BCUT2D eigenvalue weighted by Crippen LogP contribution is -2.27. The van der Waals surface area contributed by atoms with E-state index in [2.05, 4.69) is 0 Å². The number of alkyl halides is 3. The first-order chi connectivity index (χ1) is 8.97. The molecular weight excluding hydrogens is 259 g/mol. The van der Waals surface area contributed by atoms with E-state index < -0.39 is 23.9 Å². The van der Waals surface area contributed by atoms with Crippen molar-refractivity contribution in [3.63, 3.8) is 0 Å². The molecule has 2 aliphatic heterocycles. The number of rotatable bonds is 1. The number of hydrogen-bond acceptors (Lipinski definition) is 2. The van der Waals surface area contributed by atoms with E-state index in [0.29, 0.717) is 12.1 Å². The summed E-state index contributed by atoms with van der Waals surface area (Å²) in [5.41, 5.74) is -0.296. The van der Waals surface area contributed by atoms with Gasteiger partial charge in [0.25, 0.3) is 0 Å². The zero-order chi connectivity index (χ0) is 13.6. The van der Waals surface area contributed by atoms with Crippen LogP contribution in [-0.2, 0) is 10.9 Å². The number of amides is 1. The van der Waals surface area contributed by atoms with Crippen molar-refractivity contribution in [2.45, 2.75) is 31.2 Å². The lowest BCUT2D eigenvalue weighted by atomic mass is 9.99. The summed E-state index contributed by atoms with van der Waals surface area (Å²) in [6.45, 7) is 0.624. The van der Waals surface area contributed by atoms with Gasteiger partial charge in [-0.25, -0.2) is 4.79 Å². The highest BCUT2D eigenvalue weighted by molar-refractivity contribution is 5.71. The van der Waals surface area contributed by atoms with Gasteiger partial charge in [-0.2, -0.15) is 13.2 Å². The standard InChI is InChI=1S/C13H12F3NO2/c14-13(15,16)9-4-1-3-8(7-9)11-10-5-2-6-17(10)12(18)19-11/h1,3-4,7,10-11H,2,5-6H2. The van der Waals surface area contributed by atoms with Crippen molar-refractivity contribution in [1.82, 2.24) is 4.90 Å². The van der Waals surface area contributed by atoms with Crippen LogP contribution in [0, 0.1) is 0 Å². The van der Waals surface area contributed by atoms with E-state index in [-0.39, 0.29) is 6.04 Å². The summed E-state index contributed by atoms with van der Waals surface area (Å²) >= 11 is 0. The summed E-state index contributed by atoms with van der Waals surface area (Å²) < 4.78 is 43.2. The van der Waals surface area contributed by atoms with Gasteiger partial charge in [0, 0.05) is 6.54 Å².